The van der Waals surface area contributed by atoms with Crippen LogP contribution >= 0.6 is 5.45 Å². The fraction of sp³-hybridized carbons (Fsp3) is 0.143. The summed E-state index contributed by atoms with van der Waals surface area (Å²) in [6.45, 7) is 6.42. The summed E-state index contributed by atoms with van der Waals surface area (Å²) in [5, 5.41) is 4.21. The van der Waals surface area contributed by atoms with E-state index in [1.54, 1.807) is 0 Å². The Hall–Kier alpha value is -1.25. The summed E-state index contributed by atoms with van der Waals surface area (Å²) >= 11 is 3.87. The van der Waals surface area contributed by atoms with Crippen LogP contribution in [0.4, 0.5) is 0 Å². The minimum atomic E-state index is -2.10. The summed E-state index contributed by atoms with van der Waals surface area (Å²) < 4.78 is 0. The van der Waals surface area contributed by atoms with Crippen molar-refractivity contribution in [1.82, 2.24) is 0 Å². The third-order valence-electron chi connectivity index (χ3n) is 4.29. The number of hydrogen-bond donors (Lipinski definition) is 0. The van der Waals surface area contributed by atoms with Crippen LogP contribution in [0.3, 0.4) is 0 Å². The molecule has 0 atom stereocenters. The van der Waals surface area contributed by atoms with Crippen molar-refractivity contribution in [2.75, 3.05) is 0 Å². The first-order valence-corrected chi connectivity index (χ1v) is 12.0. The molecule has 2 heteroatoms. The summed E-state index contributed by atoms with van der Waals surface area (Å²) in [6.07, 6.45) is 0. The van der Waals surface area contributed by atoms with Crippen molar-refractivity contribution >= 4 is 21.4 Å². The zero-order valence-electron chi connectivity index (χ0n) is 13.7. The van der Waals surface area contributed by atoms with E-state index in [1.807, 2.05) is 0 Å². The van der Waals surface area contributed by atoms with Gasteiger partial charge in [0.15, 0.2) is 0 Å². The van der Waals surface area contributed by atoms with Crippen molar-refractivity contribution in [3.63, 3.8) is 0 Å². The van der Waals surface area contributed by atoms with Gasteiger partial charge in [0.25, 0.3) is 0 Å². The molecule has 0 unspecified atom stereocenters. The Kier molecular flexibility index (Phi) is 4.84. The molecule has 0 aliphatic rings. The van der Waals surface area contributed by atoms with Gasteiger partial charge in [0.2, 0.25) is 0 Å². The predicted octanol–water partition coefficient (Wildman–Crippen LogP) is 4.10. The van der Waals surface area contributed by atoms with Crippen LogP contribution in [-0.4, -0.2) is 0 Å². The summed E-state index contributed by atoms with van der Waals surface area (Å²) in [7, 11) is 0. The van der Waals surface area contributed by atoms with Crippen molar-refractivity contribution in [2.45, 2.75) is 20.8 Å². The number of hydrogen-bond acceptors (Lipinski definition) is 0. The molecular weight excluding hydrogens is 390 g/mol. The van der Waals surface area contributed by atoms with Gasteiger partial charge in [-0.3, -0.25) is 0 Å². The molecule has 0 heterocycles. The molecule has 3 aromatic rings. The summed E-state index contributed by atoms with van der Waals surface area (Å²) in [5.74, 6) is 0. The zero-order valence-corrected chi connectivity index (χ0v) is 16.3. The van der Waals surface area contributed by atoms with E-state index in [1.165, 1.54) is 32.6 Å². The van der Waals surface area contributed by atoms with Gasteiger partial charge in [0, 0.05) is 0 Å². The molecular formula is C21H22PPd. The molecule has 23 heavy (non-hydrogen) atoms. The monoisotopic (exact) mass is 411 g/mol. The SMILES string of the molecule is Cc1ccc([PH]([Pd])(c2ccc(C)cc2)c2ccc(C)cc2)cc1. The van der Waals surface area contributed by atoms with Crippen molar-refractivity contribution in [3.05, 3.63) is 89.5 Å². The molecule has 0 saturated heterocycles. The van der Waals surface area contributed by atoms with E-state index >= 15 is 0 Å². The Morgan fingerprint density at radius 1 is 0.478 bits per heavy atom. The number of rotatable bonds is 3. The molecule has 121 valence electrons. The van der Waals surface area contributed by atoms with E-state index < -0.39 is 5.45 Å². The standard InChI is InChI=1S/C21H21P.Pd/c1-16-4-10-19(11-5-16)22(20-12-6-17(2)7-13-20)21-14-8-18(3)9-15-21;/h4-15H,1-3H3;/q;-1/p+1. The van der Waals surface area contributed by atoms with Crippen molar-refractivity contribution in [2.24, 2.45) is 0 Å². The van der Waals surface area contributed by atoms with Gasteiger partial charge in [0.05, 0.1) is 0 Å². The Balaban J connectivity index is 2.21. The maximum atomic E-state index is 3.87. The van der Waals surface area contributed by atoms with Crippen molar-refractivity contribution < 1.29 is 18.7 Å². The second-order valence-corrected chi connectivity index (χ2v) is 12.7. The third-order valence-corrected chi connectivity index (χ3v) is 11.6. The first kappa shape index (κ1) is 16.6. The van der Waals surface area contributed by atoms with E-state index in [2.05, 4.69) is 112 Å². The Morgan fingerprint density at radius 3 is 0.913 bits per heavy atom. The van der Waals surface area contributed by atoms with E-state index in [-0.39, 0.29) is 0 Å². The molecule has 3 aromatic carbocycles. The van der Waals surface area contributed by atoms with E-state index in [4.69, 9.17) is 0 Å². The van der Waals surface area contributed by atoms with E-state index in [9.17, 15) is 0 Å². The molecule has 0 aliphatic carbocycles. The fourth-order valence-corrected chi connectivity index (χ4v) is 7.97. The molecule has 0 saturated carbocycles. The van der Waals surface area contributed by atoms with Crippen LogP contribution in [0.15, 0.2) is 72.8 Å². The molecule has 0 aliphatic heterocycles. The fourth-order valence-electron chi connectivity index (χ4n) is 2.82. The second kappa shape index (κ2) is 6.70. The van der Waals surface area contributed by atoms with Gasteiger partial charge in [-0.1, -0.05) is 0 Å². The van der Waals surface area contributed by atoms with Gasteiger partial charge >= 0.3 is 150 Å². The third kappa shape index (κ3) is 3.34. The van der Waals surface area contributed by atoms with E-state index in [0.29, 0.717) is 0 Å². The van der Waals surface area contributed by atoms with Crippen molar-refractivity contribution in [3.8, 4) is 0 Å². The Morgan fingerprint density at radius 2 is 0.696 bits per heavy atom. The van der Waals surface area contributed by atoms with Gasteiger partial charge in [-0.15, -0.1) is 0 Å². The van der Waals surface area contributed by atoms with Crippen LogP contribution in [0.25, 0.3) is 0 Å². The quantitative estimate of drug-likeness (QED) is 0.449. The molecule has 0 spiro atoms. The van der Waals surface area contributed by atoms with Gasteiger partial charge in [-0.2, -0.15) is 0 Å². The number of aryl methyl sites for hydroxylation is 3. The molecule has 0 aromatic heterocycles. The molecule has 0 bridgehead atoms. The Labute approximate surface area is 150 Å². The van der Waals surface area contributed by atoms with Crippen molar-refractivity contribution in [1.29, 1.82) is 0 Å². The van der Waals surface area contributed by atoms with Crippen LogP contribution in [0.5, 0.6) is 0 Å². The molecule has 3 rings (SSSR count). The predicted molar refractivity (Wildman–Crippen MR) is 101 cm³/mol. The summed E-state index contributed by atoms with van der Waals surface area (Å²) in [4.78, 5) is 0. The topological polar surface area (TPSA) is 0 Å². The molecule has 0 radical (unpaired) electrons. The molecule has 0 fully saturated rings. The Bertz CT molecular complexity index is 676. The maximum absolute atomic E-state index is 3.87. The second-order valence-electron chi connectivity index (χ2n) is 6.21. The van der Waals surface area contributed by atoms with Crippen LogP contribution < -0.4 is 15.9 Å². The molecule has 0 amide bonds. The van der Waals surface area contributed by atoms with Gasteiger partial charge in [0.1, 0.15) is 0 Å². The minimum absolute atomic E-state index is 1.30. The normalized spacial score (nSPS) is 12.2. The molecule has 0 nitrogen and oxygen atoms in total. The van der Waals surface area contributed by atoms with Crippen LogP contribution in [0.2, 0.25) is 0 Å². The van der Waals surface area contributed by atoms with Gasteiger partial charge in [-0.05, 0) is 0 Å². The van der Waals surface area contributed by atoms with E-state index in [0.717, 1.165) is 0 Å². The van der Waals surface area contributed by atoms with Crippen LogP contribution in [0.1, 0.15) is 16.7 Å². The first-order valence-electron chi connectivity index (χ1n) is 7.87. The summed E-state index contributed by atoms with van der Waals surface area (Å²) in [5.41, 5.74) is 1.81. The van der Waals surface area contributed by atoms with Gasteiger partial charge in [-0.25, -0.2) is 0 Å². The summed E-state index contributed by atoms with van der Waals surface area (Å²) in [6, 6.07) is 27.0. The van der Waals surface area contributed by atoms with Crippen LogP contribution in [0, 0.1) is 20.8 Å². The zero-order chi connectivity index (χ0) is 16.4. The first-order chi connectivity index (χ1) is 11.0. The average molecular weight is 412 g/mol. The molecule has 0 N–H and O–H groups in total. The van der Waals surface area contributed by atoms with Gasteiger partial charge < -0.3 is 0 Å². The number of benzene rings is 3. The van der Waals surface area contributed by atoms with Crippen LogP contribution in [-0.2, 0) is 18.7 Å². The average Bonchev–Trinajstić information content (AvgIpc) is 2.56.